The highest BCUT2D eigenvalue weighted by Gasteiger charge is 2.39. The van der Waals surface area contributed by atoms with E-state index in [0.29, 0.717) is 45.2 Å². The minimum Gasteiger partial charge on any atom is -0.493 e. The van der Waals surface area contributed by atoms with Crippen molar-refractivity contribution in [2.45, 2.75) is 63.8 Å². The molecule has 0 bridgehead atoms. The fourth-order valence-corrected chi connectivity index (χ4v) is 4.57. The molecule has 1 saturated carbocycles. The monoisotopic (exact) mass is 521 g/mol. The minimum absolute atomic E-state index is 0.0313. The van der Waals surface area contributed by atoms with Gasteiger partial charge in [-0.2, -0.15) is 0 Å². The Kier molecular flexibility index (Phi) is 6.65. The highest BCUT2D eigenvalue weighted by Crippen LogP contribution is 2.45. The number of carbonyl (C=O) groups excluding carboxylic acids is 1. The van der Waals surface area contributed by atoms with E-state index in [1.807, 2.05) is 0 Å². The van der Waals surface area contributed by atoms with E-state index in [2.05, 4.69) is 4.98 Å². The van der Waals surface area contributed by atoms with Crippen molar-refractivity contribution >= 4 is 5.78 Å². The van der Waals surface area contributed by atoms with Crippen molar-refractivity contribution in [1.82, 2.24) is 4.98 Å². The van der Waals surface area contributed by atoms with Crippen LogP contribution in [0.5, 0.6) is 17.2 Å². The van der Waals surface area contributed by atoms with E-state index in [-0.39, 0.29) is 42.8 Å². The van der Waals surface area contributed by atoms with Gasteiger partial charge in [0.05, 0.1) is 18.9 Å². The van der Waals surface area contributed by atoms with E-state index >= 15 is 0 Å². The largest absolute Gasteiger partial charge is 0.493 e. The van der Waals surface area contributed by atoms with E-state index in [0.717, 1.165) is 12.8 Å². The van der Waals surface area contributed by atoms with Crippen molar-refractivity contribution in [1.29, 1.82) is 0 Å². The molecule has 0 spiro atoms. The molecule has 0 saturated heterocycles. The number of benzene rings is 2. The highest BCUT2D eigenvalue weighted by atomic mass is 19.1. The standard InChI is InChI=1S/C30H32FNO6/c1-17-13-19(5-9-22(17)31)27-28-21(30(3,35)16-37-28)15-26(32-27)29(2,34)12-11-23(33)18-6-10-24(25(14-18)36-4)38-20-7-8-20/h5-6,9-10,13-15,20,34-35H,7-8,11-12,16H2,1-4H3. The third kappa shape index (κ3) is 5.11. The van der Waals surface area contributed by atoms with Crippen molar-refractivity contribution in [3.8, 4) is 28.5 Å². The lowest BCUT2D eigenvalue weighted by Gasteiger charge is -2.25. The molecule has 200 valence electrons. The maximum atomic E-state index is 13.9. The van der Waals surface area contributed by atoms with Crippen LogP contribution >= 0.6 is 0 Å². The van der Waals surface area contributed by atoms with Crippen LogP contribution in [0, 0.1) is 12.7 Å². The van der Waals surface area contributed by atoms with Gasteiger partial charge >= 0.3 is 0 Å². The number of Topliss-reactive ketones (excluding diaryl/α,β-unsaturated/α-hetero) is 1. The molecule has 8 heteroatoms. The molecule has 2 atom stereocenters. The summed E-state index contributed by atoms with van der Waals surface area (Å²) in [6, 6.07) is 11.3. The van der Waals surface area contributed by atoms with Crippen LogP contribution in [0.15, 0.2) is 42.5 Å². The maximum Gasteiger partial charge on any atom is 0.163 e. The zero-order valence-corrected chi connectivity index (χ0v) is 22.0. The molecule has 1 aliphatic heterocycles. The molecule has 0 amide bonds. The Bertz CT molecular complexity index is 1400. The molecule has 0 radical (unpaired) electrons. The van der Waals surface area contributed by atoms with Crippen molar-refractivity contribution < 1.29 is 33.6 Å². The second-order valence-electron chi connectivity index (χ2n) is 10.6. The first kappa shape index (κ1) is 26.1. The van der Waals surface area contributed by atoms with Crippen LogP contribution in [0.1, 0.15) is 66.7 Å². The molecule has 38 heavy (non-hydrogen) atoms. The molecule has 2 aromatic carbocycles. The zero-order valence-electron chi connectivity index (χ0n) is 22.0. The number of aryl methyl sites for hydroxylation is 1. The van der Waals surface area contributed by atoms with E-state index in [1.165, 1.54) is 13.2 Å². The predicted molar refractivity (Wildman–Crippen MR) is 139 cm³/mol. The van der Waals surface area contributed by atoms with Crippen LogP contribution in [0.2, 0.25) is 0 Å². The second-order valence-corrected chi connectivity index (χ2v) is 10.6. The molecule has 1 aromatic heterocycles. The number of aliphatic hydroxyl groups is 2. The second kappa shape index (κ2) is 9.67. The number of ether oxygens (including phenoxy) is 3. The van der Waals surface area contributed by atoms with E-state index < -0.39 is 11.2 Å². The lowest BCUT2D eigenvalue weighted by Crippen LogP contribution is -2.26. The van der Waals surface area contributed by atoms with Gasteiger partial charge in [-0.15, -0.1) is 0 Å². The molecule has 2 unspecified atom stereocenters. The number of nitrogens with zero attached hydrogens (tertiary/aromatic N) is 1. The summed E-state index contributed by atoms with van der Waals surface area (Å²) in [4.78, 5) is 17.8. The summed E-state index contributed by atoms with van der Waals surface area (Å²) in [6.07, 6.45) is 2.37. The van der Waals surface area contributed by atoms with Gasteiger partial charge in [-0.25, -0.2) is 9.37 Å². The predicted octanol–water partition coefficient (Wildman–Crippen LogP) is 5.22. The van der Waals surface area contributed by atoms with E-state index in [9.17, 15) is 19.4 Å². The van der Waals surface area contributed by atoms with Gasteiger partial charge in [0.15, 0.2) is 23.0 Å². The normalized spacial score (nSPS) is 19.9. The Labute approximate surface area is 221 Å². The van der Waals surface area contributed by atoms with Crippen molar-refractivity contribution in [3.05, 3.63) is 70.7 Å². The third-order valence-electron chi connectivity index (χ3n) is 7.18. The maximum absolute atomic E-state index is 13.9. The van der Waals surface area contributed by atoms with Crippen LogP contribution in [0.3, 0.4) is 0 Å². The van der Waals surface area contributed by atoms with Gasteiger partial charge in [0, 0.05) is 23.1 Å². The van der Waals surface area contributed by atoms with Crippen LogP contribution in [-0.2, 0) is 11.2 Å². The molecular formula is C30H32FNO6. The minimum atomic E-state index is -1.49. The summed E-state index contributed by atoms with van der Waals surface area (Å²) in [5.74, 6) is 1.00. The van der Waals surface area contributed by atoms with Crippen molar-refractivity contribution in [2.75, 3.05) is 13.7 Å². The fraction of sp³-hybridized carbons (Fsp3) is 0.400. The first-order valence-electron chi connectivity index (χ1n) is 12.8. The number of carbonyl (C=O) groups is 1. The number of methoxy groups -OCH3 is 1. The Morgan fingerprint density at radius 3 is 2.66 bits per heavy atom. The number of hydrogen-bond donors (Lipinski definition) is 2. The first-order valence-corrected chi connectivity index (χ1v) is 12.8. The number of pyridine rings is 1. The highest BCUT2D eigenvalue weighted by molar-refractivity contribution is 5.96. The number of ketones is 1. The van der Waals surface area contributed by atoms with Crippen LogP contribution in [-0.4, -0.2) is 40.8 Å². The van der Waals surface area contributed by atoms with Crippen LogP contribution in [0.4, 0.5) is 4.39 Å². The summed E-state index contributed by atoms with van der Waals surface area (Å²) in [6.45, 7) is 4.90. The quantitative estimate of drug-likeness (QED) is 0.373. The summed E-state index contributed by atoms with van der Waals surface area (Å²) in [5.41, 5.74) is -0.0978. The summed E-state index contributed by atoms with van der Waals surface area (Å²) in [7, 11) is 1.53. The van der Waals surface area contributed by atoms with Crippen LogP contribution in [0.25, 0.3) is 11.3 Å². The molecule has 2 aliphatic rings. The number of rotatable bonds is 9. The number of fused-ring (bicyclic) bond motifs is 1. The van der Waals surface area contributed by atoms with Gasteiger partial charge in [-0.1, -0.05) is 0 Å². The molecule has 3 aromatic rings. The molecule has 1 aliphatic carbocycles. The lowest BCUT2D eigenvalue weighted by molar-refractivity contribution is 0.0323. The van der Waals surface area contributed by atoms with Gasteiger partial charge in [-0.3, -0.25) is 4.79 Å². The first-order chi connectivity index (χ1) is 18.0. The van der Waals surface area contributed by atoms with E-state index in [1.54, 1.807) is 57.2 Å². The van der Waals surface area contributed by atoms with Crippen molar-refractivity contribution in [2.24, 2.45) is 0 Å². The zero-order chi connectivity index (χ0) is 27.2. The molecule has 2 N–H and O–H groups in total. The Morgan fingerprint density at radius 2 is 1.97 bits per heavy atom. The number of halogens is 1. The summed E-state index contributed by atoms with van der Waals surface area (Å²) in [5, 5.41) is 22.4. The van der Waals surface area contributed by atoms with Gasteiger partial charge in [-0.05, 0) is 88.1 Å². The van der Waals surface area contributed by atoms with Gasteiger partial charge in [0.2, 0.25) is 0 Å². The average Bonchev–Trinajstić information content (AvgIpc) is 3.65. The Hall–Kier alpha value is -3.49. The third-order valence-corrected chi connectivity index (χ3v) is 7.18. The molecule has 7 nitrogen and oxygen atoms in total. The SMILES string of the molecule is COc1cc(C(=O)CCC(C)(O)c2cc3c(c(-c4ccc(F)c(C)c4)n2)OCC3(C)O)ccc1OC1CC1. The average molecular weight is 522 g/mol. The van der Waals surface area contributed by atoms with Crippen LogP contribution < -0.4 is 14.2 Å². The summed E-state index contributed by atoms with van der Waals surface area (Å²) >= 11 is 0. The van der Waals surface area contributed by atoms with Gasteiger partial charge < -0.3 is 24.4 Å². The fourth-order valence-electron chi connectivity index (χ4n) is 4.57. The van der Waals surface area contributed by atoms with Gasteiger partial charge in [0.25, 0.3) is 0 Å². The number of aromatic nitrogens is 1. The topological polar surface area (TPSA) is 98.1 Å². The molecule has 5 rings (SSSR count). The molecular weight excluding hydrogens is 489 g/mol. The summed E-state index contributed by atoms with van der Waals surface area (Å²) < 4.78 is 31.0. The Morgan fingerprint density at radius 1 is 1.21 bits per heavy atom. The molecule has 1 fully saturated rings. The van der Waals surface area contributed by atoms with E-state index in [4.69, 9.17) is 14.2 Å². The lowest BCUT2D eigenvalue weighted by atomic mass is 9.88. The van der Waals surface area contributed by atoms with Gasteiger partial charge in [0.1, 0.15) is 29.3 Å². The molecule has 2 heterocycles. The van der Waals surface area contributed by atoms with Crippen molar-refractivity contribution in [3.63, 3.8) is 0 Å². The smallest absolute Gasteiger partial charge is 0.163 e. The number of hydrogen-bond acceptors (Lipinski definition) is 7. The Balaban J connectivity index is 1.41.